The summed E-state index contributed by atoms with van der Waals surface area (Å²) >= 11 is 0. The van der Waals surface area contributed by atoms with E-state index in [0.717, 1.165) is 22.3 Å². The lowest BCUT2D eigenvalue weighted by molar-refractivity contribution is -0.137. The van der Waals surface area contributed by atoms with E-state index >= 15 is 0 Å². The second-order valence-electron chi connectivity index (χ2n) is 7.66. The zero-order valence-corrected chi connectivity index (χ0v) is 18.0. The maximum atomic E-state index is 11.0. The lowest BCUT2D eigenvalue weighted by Crippen LogP contribution is -2.07. The van der Waals surface area contributed by atoms with Gasteiger partial charge in [0.15, 0.2) is 0 Å². The number of hydrogen-bond acceptors (Lipinski definition) is 5. The lowest BCUT2D eigenvalue weighted by Gasteiger charge is -2.09. The third kappa shape index (κ3) is 5.92. The average molecular weight is 442 g/mol. The molecule has 0 amide bonds. The Hall–Kier alpha value is -4.24. The Morgan fingerprint density at radius 2 is 1.76 bits per heavy atom. The molecule has 6 heteroatoms. The summed E-state index contributed by atoms with van der Waals surface area (Å²) in [5.41, 5.74) is 3.54. The summed E-state index contributed by atoms with van der Waals surface area (Å²) < 4.78 is 16.6. The van der Waals surface area contributed by atoms with Crippen LogP contribution in [-0.4, -0.2) is 23.7 Å². The summed E-state index contributed by atoms with van der Waals surface area (Å²) in [4.78, 5) is 22.0. The van der Waals surface area contributed by atoms with Gasteiger partial charge in [0.1, 0.15) is 23.9 Å². The van der Waals surface area contributed by atoms with Gasteiger partial charge in [0.05, 0.1) is 13.0 Å². The molecule has 4 rings (SSSR count). The number of carboxylic acid groups (broad SMARTS) is 1. The molecule has 1 aliphatic rings. The second-order valence-corrected chi connectivity index (χ2v) is 7.66. The Morgan fingerprint density at radius 3 is 2.52 bits per heavy atom. The molecule has 0 saturated carbocycles. The van der Waals surface area contributed by atoms with Gasteiger partial charge in [0, 0.05) is 35.6 Å². The molecule has 0 spiro atoms. The van der Waals surface area contributed by atoms with Crippen LogP contribution in [0.25, 0.3) is 0 Å². The number of fused-ring (bicyclic) bond motifs is 1. The van der Waals surface area contributed by atoms with Gasteiger partial charge in [-0.1, -0.05) is 30.0 Å². The molecule has 1 unspecified atom stereocenters. The summed E-state index contributed by atoms with van der Waals surface area (Å²) in [5.74, 6) is 6.74. The van der Waals surface area contributed by atoms with Crippen LogP contribution in [0.2, 0.25) is 0 Å². The van der Waals surface area contributed by atoms with Crippen molar-refractivity contribution in [2.75, 3.05) is 6.61 Å². The van der Waals surface area contributed by atoms with E-state index in [-0.39, 0.29) is 18.3 Å². The van der Waals surface area contributed by atoms with Crippen molar-refractivity contribution in [3.05, 3.63) is 89.0 Å². The molecule has 1 heterocycles. The van der Waals surface area contributed by atoms with Crippen molar-refractivity contribution >= 4 is 11.9 Å². The highest BCUT2D eigenvalue weighted by Crippen LogP contribution is 2.38. The molecular formula is C27H22O6. The maximum absolute atomic E-state index is 11.0. The first-order valence-electron chi connectivity index (χ1n) is 10.5. The van der Waals surface area contributed by atoms with E-state index in [1.165, 1.54) is 6.92 Å². The number of carbonyl (C=O) groups is 2. The molecule has 0 saturated heterocycles. The standard InChI is InChI=1S/C27H22O6/c1-18(28)33-23-9-7-19(8-10-23)5-6-20-3-2-4-21(13-20)16-31-24-11-12-25-22(14-27(29)30)17-32-26(25)15-24/h2-4,7-13,15,22H,14,16-17H2,1H3,(H,29,30). The Morgan fingerprint density at radius 1 is 1.00 bits per heavy atom. The minimum Gasteiger partial charge on any atom is -0.492 e. The van der Waals surface area contributed by atoms with E-state index in [4.69, 9.17) is 19.3 Å². The zero-order chi connectivity index (χ0) is 23.2. The van der Waals surface area contributed by atoms with Crippen LogP contribution in [0.3, 0.4) is 0 Å². The quantitative estimate of drug-likeness (QED) is 0.343. The maximum Gasteiger partial charge on any atom is 0.308 e. The molecule has 1 N–H and O–H groups in total. The number of hydrogen-bond donors (Lipinski definition) is 1. The molecular weight excluding hydrogens is 420 g/mol. The van der Waals surface area contributed by atoms with Crippen molar-refractivity contribution in [1.82, 2.24) is 0 Å². The molecule has 6 nitrogen and oxygen atoms in total. The zero-order valence-electron chi connectivity index (χ0n) is 18.0. The molecule has 3 aromatic carbocycles. The van der Waals surface area contributed by atoms with Crippen LogP contribution >= 0.6 is 0 Å². The van der Waals surface area contributed by atoms with Crippen LogP contribution in [0.5, 0.6) is 17.2 Å². The fraction of sp³-hybridized carbons (Fsp3) is 0.185. The van der Waals surface area contributed by atoms with Crippen molar-refractivity contribution in [2.24, 2.45) is 0 Å². The van der Waals surface area contributed by atoms with E-state index in [2.05, 4.69) is 11.8 Å². The highest BCUT2D eigenvalue weighted by Gasteiger charge is 2.26. The van der Waals surface area contributed by atoms with Crippen LogP contribution in [-0.2, 0) is 16.2 Å². The molecule has 1 aliphatic heterocycles. The van der Waals surface area contributed by atoms with Gasteiger partial charge in [-0.25, -0.2) is 0 Å². The molecule has 33 heavy (non-hydrogen) atoms. The fourth-order valence-electron chi connectivity index (χ4n) is 3.55. The monoisotopic (exact) mass is 442 g/mol. The number of ether oxygens (including phenoxy) is 3. The summed E-state index contributed by atoms with van der Waals surface area (Å²) in [6, 6.07) is 20.3. The van der Waals surface area contributed by atoms with Crippen LogP contribution in [0.1, 0.15) is 41.5 Å². The van der Waals surface area contributed by atoms with E-state index in [1.807, 2.05) is 36.4 Å². The van der Waals surface area contributed by atoms with Gasteiger partial charge in [-0.2, -0.15) is 0 Å². The molecule has 0 aliphatic carbocycles. The van der Waals surface area contributed by atoms with Crippen LogP contribution < -0.4 is 14.2 Å². The van der Waals surface area contributed by atoms with Gasteiger partial charge in [0.2, 0.25) is 0 Å². The molecule has 0 aromatic heterocycles. The highest BCUT2D eigenvalue weighted by atomic mass is 16.5. The predicted octanol–water partition coefficient (Wildman–Crippen LogP) is 4.54. The Kier molecular flexibility index (Phi) is 6.61. The molecule has 3 aromatic rings. The van der Waals surface area contributed by atoms with Crippen LogP contribution in [0, 0.1) is 11.8 Å². The third-order valence-corrected chi connectivity index (χ3v) is 5.09. The number of benzene rings is 3. The van der Waals surface area contributed by atoms with Gasteiger partial charge in [-0.05, 0) is 48.0 Å². The van der Waals surface area contributed by atoms with E-state index in [9.17, 15) is 9.59 Å². The first kappa shape index (κ1) is 22.0. The number of rotatable bonds is 6. The molecule has 0 radical (unpaired) electrons. The Labute approximate surface area is 191 Å². The molecule has 1 atom stereocenters. The van der Waals surface area contributed by atoms with E-state index < -0.39 is 5.97 Å². The Bertz CT molecular complexity index is 1230. The van der Waals surface area contributed by atoms with Gasteiger partial charge in [-0.15, -0.1) is 0 Å². The summed E-state index contributed by atoms with van der Waals surface area (Å²) in [6.45, 7) is 2.10. The number of esters is 1. The highest BCUT2D eigenvalue weighted by molar-refractivity contribution is 5.69. The van der Waals surface area contributed by atoms with Crippen molar-refractivity contribution in [3.63, 3.8) is 0 Å². The number of carbonyl (C=O) groups excluding carboxylic acids is 1. The Balaban J connectivity index is 1.38. The predicted molar refractivity (Wildman–Crippen MR) is 121 cm³/mol. The van der Waals surface area contributed by atoms with Crippen molar-refractivity contribution in [1.29, 1.82) is 0 Å². The van der Waals surface area contributed by atoms with Crippen molar-refractivity contribution < 1.29 is 28.9 Å². The first-order valence-corrected chi connectivity index (χ1v) is 10.5. The van der Waals surface area contributed by atoms with Crippen LogP contribution in [0.15, 0.2) is 66.7 Å². The topological polar surface area (TPSA) is 82.1 Å². The van der Waals surface area contributed by atoms with E-state index in [0.29, 0.717) is 30.5 Å². The molecule has 166 valence electrons. The normalized spacial score (nSPS) is 13.8. The molecule has 0 bridgehead atoms. The summed E-state index contributed by atoms with van der Waals surface area (Å²) in [5, 5.41) is 9.02. The van der Waals surface area contributed by atoms with Crippen molar-refractivity contribution in [2.45, 2.75) is 25.9 Å². The fourth-order valence-corrected chi connectivity index (χ4v) is 3.55. The largest absolute Gasteiger partial charge is 0.492 e. The average Bonchev–Trinajstić information content (AvgIpc) is 3.18. The SMILES string of the molecule is CC(=O)Oc1ccc(C#Cc2cccc(COc3ccc4c(c3)OCC4CC(=O)O)c2)cc1. The number of carboxylic acids is 1. The number of aliphatic carboxylic acids is 1. The summed E-state index contributed by atoms with van der Waals surface area (Å²) in [7, 11) is 0. The second kappa shape index (κ2) is 9.92. The molecule has 0 fully saturated rings. The lowest BCUT2D eigenvalue weighted by atomic mass is 9.98. The van der Waals surface area contributed by atoms with Gasteiger partial charge >= 0.3 is 11.9 Å². The van der Waals surface area contributed by atoms with Crippen LogP contribution in [0.4, 0.5) is 0 Å². The van der Waals surface area contributed by atoms with E-state index in [1.54, 1.807) is 30.3 Å². The third-order valence-electron chi connectivity index (χ3n) is 5.09. The minimum absolute atomic E-state index is 0.0529. The van der Waals surface area contributed by atoms with Gasteiger partial charge in [-0.3, -0.25) is 9.59 Å². The summed E-state index contributed by atoms with van der Waals surface area (Å²) in [6.07, 6.45) is 0.0529. The van der Waals surface area contributed by atoms with Crippen molar-refractivity contribution in [3.8, 4) is 29.1 Å². The first-order chi connectivity index (χ1) is 16.0. The van der Waals surface area contributed by atoms with Gasteiger partial charge < -0.3 is 19.3 Å². The minimum atomic E-state index is -0.834. The smallest absolute Gasteiger partial charge is 0.308 e. The van der Waals surface area contributed by atoms with Gasteiger partial charge in [0.25, 0.3) is 0 Å².